The first-order valence-electron chi connectivity index (χ1n) is 7.43. The normalized spacial score (nSPS) is 16.1. The SMILES string of the molecule is O=C(c1cccc(F)c1)N1CCN(S(=O)(=O)c2cccnc2)CC1. The third-order valence-electron chi connectivity index (χ3n) is 3.87. The van der Waals surface area contributed by atoms with Gasteiger partial charge in [-0.05, 0) is 30.3 Å². The van der Waals surface area contributed by atoms with Gasteiger partial charge in [0.05, 0.1) is 0 Å². The average Bonchev–Trinajstić information content (AvgIpc) is 2.62. The van der Waals surface area contributed by atoms with Crippen molar-refractivity contribution in [2.24, 2.45) is 0 Å². The summed E-state index contributed by atoms with van der Waals surface area (Å²) >= 11 is 0. The first-order valence-corrected chi connectivity index (χ1v) is 8.87. The van der Waals surface area contributed by atoms with E-state index < -0.39 is 15.8 Å². The van der Waals surface area contributed by atoms with Gasteiger partial charge in [-0.1, -0.05) is 6.07 Å². The molecular weight excluding hydrogens is 333 g/mol. The fourth-order valence-corrected chi connectivity index (χ4v) is 3.97. The quantitative estimate of drug-likeness (QED) is 0.839. The molecule has 1 amide bonds. The van der Waals surface area contributed by atoms with E-state index in [0.717, 1.165) is 0 Å². The Hall–Kier alpha value is -2.32. The Balaban J connectivity index is 1.69. The van der Waals surface area contributed by atoms with Gasteiger partial charge in [-0.3, -0.25) is 9.78 Å². The standard InChI is InChI=1S/C16H16FN3O3S/c17-14-4-1-3-13(11-14)16(21)19-7-9-20(10-8-19)24(22,23)15-5-2-6-18-12-15/h1-6,11-12H,7-10H2. The second kappa shape index (κ2) is 6.66. The number of halogens is 1. The maximum atomic E-state index is 13.2. The van der Waals surface area contributed by atoms with E-state index >= 15 is 0 Å². The lowest BCUT2D eigenvalue weighted by Crippen LogP contribution is -2.50. The molecule has 0 spiro atoms. The zero-order valence-corrected chi connectivity index (χ0v) is 13.6. The van der Waals surface area contributed by atoms with Crippen LogP contribution in [0.25, 0.3) is 0 Å². The van der Waals surface area contributed by atoms with E-state index in [1.54, 1.807) is 12.1 Å². The van der Waals surface area contributed by atoms with Crippen LogP contribution in [0.5, 0.6) is 0 Å². The summed E-state index contributed by atoms with van der Waals surface area (Å²) < 4.78 is 39.6. The predicted molar refractivity (Wildman–Crippen MR) is 85.3 cm³/mol. The molecule has 0 unspecified atom stereocenters. The molecule has 1 fully saturated rings. The molecule has 0 bridgehead atoms. The number of benzene rings is 1. The van der Waals surface area contributed by atoms with Gasteiger partial charge in [0.15, 0.2) is 0 Å². The van der Waals surface area contributed by atoms with E-state index in [2.05, 4.69) is 4.98 Å². The molecule has 1 aliphatic rings. The summed E-state index contributed by atoms with van der Waals surface area (Å²) in [5.74, 6) is -0.772. The van der Waals surface area contributed by atoms with E-state index in [1.807, 2.05) is 0 Å². The van der Waals surface area contributed by atoms with Crippen molar-refractivity contribution >= 4 is 15.9 Å². The summed E-state index contributed by atoms with van der Waals surface area (Å²) in [6, 6.07) is 8.54. The summed E-state index contributed by atoms with van der Waals surface area (Å²) in [5.41, 5.74) is 0.263. The van der Waals surface area contributed by atoms with Crippen LogP contribution in [0.4, 0.5) is 4.39 Å². The molecule has 1 aromatic heterocycles. The topological polar surface area (TPSA) is 70.6 Å². The number of hydrogen-bond donors (Lipinski definition) is 0. The maximum absolute atomic E-state index is 13.2. The minimum atomic E-state index is -3.61. The van der Waals surface area contributed by atoms with Gasteiger partial charge in [0.25, 0.3) is 5.91 Å². The maximum Gasteiger partial charge on any atom is 0.254 e. The smallest absolute Gasteiger partial charge is 0.254 e. The van der Waals surface area contributed by atoms with Crippen LogP contribution in [0.3, 0.4) is 0 Å². The van der Waals surface area contributed by atoms with Crippen LogP contribution in [0, 0.1) is 5.82 Å². The molecule has 0 atom stereocenters. The number of carbonyl (C=O) groups excluding carboxylic acids is 1. The molecule has 0 saturated carbocycles. The number of hydrogen-bond acceptors (Lipinski definition) is 4. The Kier molecular flexibility index (Phi) is 4.59. The number of sulfonamides is 1. The van der Waals surface area contributed by atoms with Crippen LogP contribution in [-0.4, -0.2) is 54.7 Å². The van der Waals surface area contributed by atoms with Crippen LogP contribution >= 0.6 is 0 Å². The number of carbonyl (C=O) groups is 1. The van der Waals surface area contributed by atoms with Gasteiger partial charge in [0.1, 0.15) is 10.7 Å². The van der Waals surface area contributed by atoms with Crippen molar-refractivity contribution in [3.8, 4) is 0 Å². The number of aromatic nitrogens is 1. The summed E-state index contributed by atoms with van der Waals surface area (Å²) in [6.07, 6.45) is 2.81. The monoisotopic (exact) mass is 349 g/mol. The van der Waals surface area contributed by atoms with Crippen LogP contribution in [-0.2, 0) is 10.0 Å². The summed E-state index contributed by atoms with van der Waals surface area (Å²) in [7, 11) is -3.61. The van der Waals surface area contributed by atoms with Crippen molar-refractivity contribution in [2.75, 3.05) is 26.2 Å². The van der Waals surface area contributed by atoms with Crippen molar-refractivity contribution in [3.63, 3.8) is 0 Å². The highest BCUT2D eigenvalue weighted by Crippen LogP contribution is 2.17. The number of nitrogens with zero attached hydrogens (tertiary/aromatic N) is 3. The minimum Gasteiger partial charge on any atom is -0.336 e. The summed E-state index contributed by atoms with van der Waals surface area (Å²) in [5, 5.41) is 0. The highest BCUT2D eigenvalue weighted by molar-refractivity contribution is 7.89. The molecule has 126 valence electrons. The van der Waals surface area contributed by atoms with Crippen LogP contribution in [0.2, 0.25) is 0 Å². The highest BCUT2D eigenvalue weighted by Gasteiger charge is 2.30. The van der Waals surface area contributed by atoms with Gasteiger partial charge >= 0.3 is 0 Å². The summed E-state index contributed by atoms with van der Waals surface area (Å²) in [6.45, 7) is 0.903. The van der Waals surface area contributed by atoms with E-state index in [4.69, 9.17) is 0 Å². The molecule has 8 heteroatoms. The third kappa shape index (κ3) is 3.29. The van der Waals surface area contributed by atoms with Crippen molar-refractivity contribution in [3.05, 3.63) is 60.2 Å². The Labute approximate surface area is 139 Å². The molecule has 0 N–H and O–H groups in total. The zero-order valence-electron chi connectivity index (χ0n) is 12.8. The summed E-state index contributed by atoms with van der Waals surface area (Å²) in [4.78, 5) is 17.9. The fraction of sp³-hybridized carbons (Fsp3) is 0.250. The Morgan fingerprint density at radius 1 is 1.08 bits per heavy atom. The van der Waals surface area contributed by atoms with Gasteiger partial charge in [-0.15, -0.1) is 0 Å². The molecule has 2 heterocycles. The molecule has 1 saturated heterocycles. The van der Waals surface area contributed by atoms with Gasteiger partial charge < -0.3 is 4.90 Å². The van der Waals surface area contributed by atoms with Gasteiger partial charge in [0, 0.05) is 44.1 Å². The lowest BCUT2D eigenvalue weighted by atomic mass is 10.2. The third-order valence-corrected chi connectivity index (χ3v) is 5.75. The van der Waals surface area contributed by atoms with E-state index in [0.29, 0.717) is 0 Å². The predicted octanol–water partition coefficient (Wildman–Crippen LogP) is 1.37. The second-order valence-electron chi connectivity index (χ2n) is 5.40. The van der Waals surface area contributed by atoms with E-state index in [9.17, 15) is 17.6 Å². The lowest BCUT2D eigenvalue weighted by Gasteiger charge is -2.34. The van der Waals surface area contributed by atoms with Crippen molar-refractivity contribution < 1.29 is 17.6 Å². The average molecular weight is 349 g/mol. The number of pyridine rings is 1. The van der Waals surface area contributed by atoms with Crippen LogP contribution in [0.1, 0.15) is 10.4 Å². The molecule has 6 nitrogen and oxygen atoms in total. The highest BCUT2D eigenvalue weighted by atomic mass is 32.2. The van der Waals surface area contributed by atoms with Crippen LogP contribution < -0.4 is 0 Å². The fourth-order valence-electron chi connectivity index (χ4n) is 2.58. The first-order chi connectivity index (χ1) is 11.5. The van der Waals surface area contributed by atoms with E-state index in [-0.39, 0.29) is 42.5 Å². The van der Waals surface area contributed by atoms with E-state index in [1.165, 1.54) is 45.9 Å². The molecule has 3 rings (SSSR count). The Morgan fingerprint density at radius 2 is 1.83 bits per heavy atom. The Morgan fingerprint density at radius 3 is 2.46 bits per heavy atom. The first kappa shape index (κ1) is 16.5. The molecular formula is C16H16FN3O3S. The van der Waals surface area contributed by atoms with Crippen molar-refractivity contribution in [2.45, 2.75) is 4.90 Å². The number of amides is 1. The molecule has 2 aromatic rings. The molecule has 1 aromatic carbocycles. The molecule has 24 heavy (non-hydrogen) atoms. The molecule has 0 aliphatic carbocycles. The van der Waals surface area contributed by atoms with Crippen LogP contribution in [0.15, 0.2) is 53.7 Å². The van der Waals surface area contributed by atoms with Crippen molar-refractivity contribution in [1.29, 1.82) is 0 Å². The second-order valence-corrected chi connectivity index (χ2v) is 7.33. The largest absolute Gasteiger partial charge is 0.336 e. The molecule has 1 aliphatic heterocycles. The Bertz CT molecular complexity index is 835. The van der Waals surface area contributed by atoms with Gasteiger partial charge in [-0.2, -0.15) is 4.31 Å². The minimum absolute atomic E-state index is 0.134. The van der Waals surface area contributed by atoms with Crippen molar-refractivity contribution in [1.82, 2.24) is 14.2 Å². The van der Waals surface area contributed by atoms with Gasteiger partial charge in [0.2, 0.25) is 10.0 Å². The zero-order chi connectivity index (χ0) is 17.2. The van der Waals surface area contributed by atoms with Gasteiger partial charge in [-0.25, -0.2) is 12.8 Å². The number of piperazine rings is 1. The molecule has 0 radical (unpaired) electrons. The number of rotatable bonds is 3. The lowest BCUT2D eigenvalue weighted by molar-refractivity contribution is 0.0697.